The lowest BCUT2D eigenvalue weighted by Gasteiger charge is -2.30. The molecule has 0 saturated heterocycles. The van der Waals surface area contributed by atoms with Gasteiger partial charge in [0.2, 0.25) is 0 Å². The molecule has 1 heterocycles. The van der Waals surface area contributed by atoms with Gasteiger partial charge in [0.05, 0.1) is 23.4 Å². The summed E-state index contributed by atoms with van der Waals surface area (Å²) in [6.45, 7) is 3.16. The number of benzene rings is 2. The van der Waals surface area contributed by atoms with E-state index in [1.807, 2.05) is 43.3 Å². The van der Waals surface area contributed by atoms with Gasteiger partial charge in [-0.3, -0.25) is 0 Å². The Bertz CT molecular complexity index is 1150. The normalized spacial score (nSPS) is 14.1. The maximum atomic E-state index is 9.95. The lowest BCUT2D eigenvalue weighted by Crippen LogP contribution is -2.17. The Morgan fingerprint density at radius 1 is 1.24 bits per heavy atom. The monoisotopic (exact) mass is 485 g/mol. The number of fused-ring (bicyclic) bond motifs is 1. The van der Waals surface area contributed by atoms with Crippen LogP contribution in [0, 0.1) is 11.3 Å². The highest BCUT2D eigenvalue weighted by atomic mass is 32.2. The van der Waals surface area contributed by atoms with E-state index in [-0.39, 0.29) is 1.43 Å². The van der Waals surface area contributed by atoms with Crippen LogP contribution in [0.3, 0.4) is 0 Å². The molecule has 0 amide bonds. The first-order valence-electron chi connectivity index (χ1n) is 11.6. The van der Waals surface area contributed by atoms with Gasteiger partial charge in [-0.15, -0.1) is 0 Å². The molecule has 34 heavy (non-hydrogen) atoms. The molecule has 0 radical (unpaired) electrons. The molecule has 1 unspecified atom stereocenters. The van der Waals surface area contributed by atoms with E-state index in [9.17, 15) is 9.47 Å². The Balaban J connectivity index is 0.000000552. The Kier molecular flexibility index (Phi) is 9.52. The number of hydrogen-bond donors (Lipinski definition) is 2. The number of anilines is 1. The number of methoxy groups -OCH3 is 1. The summed E-state index contributed by atoms with van der Waals surface area (Å²) in [5, 5.41) is 10.9. The van der Waals surface area contributed by atoms with Crippen molar-refractivity contribution in [3.05, 3.63) is 48.0 Å². The van der Waals surface area contributed by atoms with Crippen molar-refractivity contribution < 1.29 is 19.7 Å². The minimum absolute atomic E-state index is 0. The van der Waals surface area contributed by atoms with Gasteiger partial charge in [0.1, 0.15) is 11.8 Å². The van der Waals surface area contributed by atoms with Gasteiger partial charge in [0, 0.05) is 50.5 Å². The highest BCUT2D eigenvalue weighted by molar-refractivity contribution is 7.79. The zero-order valence-corrected chi connectivity index (χ0v) is 20.6. The molecule has 7 nitrogen and oxygen atoms in total. The molecule has 1 aromatic heterocycles. The number of aromatic nitrogens is 1. The van der Waals surface area contributed by atoms with Gasteiger partial charge >= 0.3 is 0 Å². The molecule has 3 N–H and O–H groups in total. The van der Waals surface area contributed by atoms with Crippen molar-refractivity contribution in [3.63, 3.8) is 0 Å². The van der Waals surface area contributed by atoms with Gasteiger partial charge < -0.3 is 24.3 Å². The second-order valence-corrected chi connectivity index (χ2v) is 9.36. The van der Waals surface area contributed by atoms with Crippen LogP contribution >= 0.6 is 0 Å². The van der Waals surface area contributed by atoms with Crippen LogP contribution in [0.2, 0.25) is 0 Å². The number of nitrogens with two attached hydrogens (primary N) is 1. The lowest BCUT2D eigenvalue weighted by atomic mass is 9.92. The molecular formula is C26H35N3O4S. The second-order valence-electron chi connectivity index (χ2n) is 8.31. The molecule has 1 atom stereocenters. The first kappa shape index (κ1) is 25.8. The largest absolute Gasteiger partial charge is 0.493 e. The molecule has 3 aromatic rings. The minimum atomic E-state index is -1.57. The van der Waals surface area contributed by atoms with Crippen LogP contribution in [0.15, 0.2) is 42.5 Å². The van der Waals surface area contributed by atoms with Gasteiger partial charge in [0.15, 0.2) is 11.1 Å². The van der Waals surface area contributed by atoms with E-state index in [2.05, 4.69) is 16.7 Å². The maximum Gasteiger partial charge on any atom is 0.152 e. The molecule has 8 heteroatoms. The first-order valence-corrected chi connectivity index (χ1v) is 12.9. The third kappa shape index (κ3) is 6.17. The van der Waals surface area contributed by atoms with Crippen LogP contribution < -0.4 is 10.5 Å². The van der Waals surface area contributed by atoms with Crippen molar-refractivity contribution in [3.8, 4) is 23.1 Å². The van der Waals surface area contributed by atoms with Crippen LogP contribution in [-0.2, 0) is 15.8 Å². The van der Waals surface area contributed by atoms with E-state index in [0.29, 0.717) is 25.0 Å². The van der Waals surface area contributed by atoms with Gasteiger partial charge in [-0.2, -0.15) is 5.26 Å². The van der Waals surface area contributed by atoms with Crippen molar-refractivity contribution in [1.82, 2.24) is 4.57 Å². The van der Waals surface area contributed by atoms with Crippen molar-refractivity contribution in [2.24, 2.45) is 0 Å². The van der Waals surface area contributed by atoms with Crippen molar-refractivity contribution in [2.45, 2.75) is 45.1 Å². The van der Waals surface area contributed by atoms with Crippen LogP contribution in [0.1, 0.15) is 52.1 Å². The van der Waals surface area contributed by atoms with Gasteiger partial charge in [-0.25, -0.2) is 4.21 Å². The third-order valence-corrected chi connectivity index (χ3v) is 6.61. The Morgan fingerprint density at radius 2 is 1.97 bits per heavy atom. The van der Waals surface area contributed by atoms with Crippen molar-refractivity contribution in [2.75, 3.05) is 31.8 Å². The molecule has 184 valence electrons. The molecule has 1 aliphatic rings. The highest BCUT2D eigenvalue weighted by Gasteiger charge is 2.27. The second kappa shape index (κ2) is 12.6. The quantitative estimate of drug-likeness (QED) is 0.226. The van der Waals surface area contributed by atoms with E-state index in [1.54, 1.807) is 7.11 Å². The molecule has 2 aromatic carbocycles. The summed E-state index contributed by atoms with van der Waals surface area (Å²) in [5.41, 5.74) is 10.4. The number of nitrogens with zero attached hydrogens (tertiary/aromatic N) is 2. The van der Waals surface area contributed by atoms with Crippen LogP contribution in [0.5, 0.6) is 5.75 Å². The van der Waals surface area contributed by atoms with Crippen LogP contribution in [0.25, 0.3) is 22.2 Å². The molecule has 0 bridgehead atoms. The number of ether oxygens (including phenoxy) is 2. The fourth-order valence-corrected chi connectivity index (χ4v) is 4.36. The summed E-state index contributed by atoms with van der Waals surface area (Å²) in [6.07, 6.45) is 5.12. The number of nitriles is 1. The average Bonchev–Trinajstić information content (AvgIpc) is 3.10. The van der Waals surface area contributed by atoms with Gasteiger partial charge in [0.25, 0.3) is 0 Å². The summed E-state index contributed by atoms with van der Waals surface area (Å²) in [4.78, 5) is 0. The molecular weight excluding hydrogens is 450 g/mol. The van der Waals surface area contributed by atoms with Crippen molar-refractivity contribution in [1.29, 1.82) is 5.26 Å². The zero-order valence-electron chi connectivity index (χ0n) is 19.8. The van der Waals surface area contributed by atoms with E-state index < -0.39 is 11.1 Å². The predicted molar refractivity (Wildman–Crippen MR) is 139 cm³/mol. The summed E-state index contributed by atoms with van der Waals surface area (Å²) in [7, 11) is 1.69. The summed E-state index contributed by atoms with van der Waals surface area (Å²) in [5.74, 6) is 1.23. The Morgan fingerprint density at radius 3 is 2.50 bits per heavy atom. The number of nitrogen functional groups attached to an aromatic ring is 1. The fraction of sp³-hybridized carbons (Fsp3) is 0.423. The molecule has 1 aliphatic carbocycles. The van der Waals surface area contributed by atoms with Gasteiger partial charge in [-0.1, -0.05) is 19.1 Å². The first-order chi connectivity index (χ1) is 16.5. The minimum Gasteiger partial charge on any atom is -0.493 e. The zero-order chi connectivity index (χ0) is 24.5. The Hall–Kier alpha value is -2.86. The number of hydrogen-bond acceptors (Lipinski definition) is 5. The molecule has 0 aliphatic heterocycles. The molecule has 1 saturated carbocycles. The van der Waals surface area contributed by atoms with Crippen LogP contribution in [-0.4, -0.2) is 39.4 Å². The molecule has 4 rings (SSSR count). The third-order valence-electron chi connectivity index (χ3n) is 5.85. The fourth-order valence-electron chi connectivity index (χ4n) is 4.01. The summed E-state index contributed by atoms with van der Waals surface area (Å²) < 4.78 is 31.1. The molecule has 0 spiro atoms. The topological polar surface area (TPSA) is 110 Å². The summed E-state index contributed by atoms with van der Waals surface area (Å²) >= 11 is -1.57. The smallest absolute Gasteiger partial charge is 0.152 e. The van der Waals surface area contributed by atoms with E-state index >= 15 is 0 Å². The summed E-state index contributed by atoms with van der Waals surface area (Å²) in [6, 6.07) is 16.7. The Labute approximate surface area is 205 Å². The SMILES string of the molecule is CCCS(=O)O.COCCCOc1ccc2c(C#N)c(-c3ccc(N)cc3)n(C3CCC3)c2c1.[HH]. The van der Waals surface area contributed by atoms with E-state index in [0.717, 1.165) is 64.8 Å². The predicted octanol–water partition coefficient (Wildman–Crippen LogP) is 5.77. The highest BCUT2D eigenvalue weighted by Crippen LogP contribution is 2.43. The lowest BCUT2D eigenvalue weighted by molar-refractivity contribution is 0.172. The average molecular weight is 486 g/mol. The van der Waals surface area contributed by atoms with Crippen molar-refractivity contribution >= 4 is 27.7 Å². The van der Waals surface area contributed by atoms with E-state index in [1.165, 1.54) is 6.42 Å². The standard InChI is InChI=1S/C23H25N3O2.C3H8O2S.H2/c1-27-12-3-13-28-19-10-11-20-21(15-24)23(16-6-8-17(25)9-7-16)26(22(20)14-19)18-4-2-5-18;1-2-3-6(4)5;/h6-11,14,18H,2-5,12-13,25H2,1H3;2-3H2,1H3,(H,4,5);1H. The van der Waals surface area contributed by atoms with Crippen LogP contribution in [0.4, 0.5) is 5.69 Å². The van der Waals surface area contributed by atoms with Gasteiger partial charge in [-0.05, 0) is 55.5 Å². The molecule has 1 fully saturated rings. The number of rotatable bonds is 9. The maximum absolute atomic E-state index is 9.95. The van der Waals surface area contributed by atoms with E-state index in [4.69, 9.17) is 19.8 Å².